The third-order valence-electron chi connectivity index (χ3n) is 2.30. The number of carbonyl (C=O) groups excluding carboxylic acids is 2. The zero-order valence-electron chi connectivity index (χ0n) is 11.4. The van der Waals surface area contributed by atoms with E-state index in [2.05, 4.69) is 10.4 Å². The van der Waals surface area contributed by atoms with Crippen molar-refractivity contribution in [3.8, 4) is 5.75 Å². The van der Waals surface area contributed by atoms with Crippen LogP contribution in [0.5, 0.6) is 5.75 Å². The maximum absolute atomic E-state index is 13.1. The first-order valence-electron chi connectivity index (χ1n) is 5.95. The Labute approximate surface area is 115 Å². The van der Waals surface area contributed by atoms with Crippen LogP contribution in [-0.2, 0) is 9.59 Å². The molecule has 2 amide bonds. The molecule has 0 aromatic heterocycles. The zero-order valence-corrected chi connectivity index (χ0v) is 11.4. The van der Waals surface area contributed by atoms with Crippen LogP contribution in [0.15, 0.2) is 23.3 Å². The molecule has 0 aliphatic heterocycles. The topological polar surface area (TPSA) is 90.8 Å². The second kappa shape index (κ2) is 6.65. The van der Waals surface area contributed by atoms with Crippen molar-refractivity contribution in [2.45, 2.75) is 26.8 Å². The molecule has 0 spiro atoms. The van der Waals surface area contributed by atoms with Gasteiger partial charge in [-0.25, -0.2) is 9.82 Å². The van der Waals surface area contributed by atoms with E-state index in [0.717, 1.165) is 12.1 Å². The molecular formula is C13H16FN3O3. The number of hydrogen-bond donors (Lipinski definition) is 3. The maximum Gasteiger partial charge on any atom is 0.329 e. The SMILES string of the molecule is C/C(=N\NC(=O)C(=O)NC(C)C)c1cc(F)ccc1O. The van der Waals surface area contributed by atoms with Crippen molar-refractivity contribution >= 4 is 17.5 Å². The van der Waals surface area contributed by atoms with E-state index in [1.165, 1.54) is 13.0 Å². The fourth-order valence-corrected chi connectivity index (χ4v) is 1.37. The van der Waals surface area contributed by atoms with E-state index in [1.807, 2.05) is 5.43 Å². The summed E-state index contributed by atoms with van der Waals surface area (Å²) in [4.78, 5) is 22.7. The molecule has 0 heterocycles. The Morgan fingerprint density at radius 1 is 1.30 bits per heavy atom. The molecule has 0 aliphatic rings. The predicted octanol–water partition coefficient (Wildman–Crippen LogP) is 0.896. The molecule has 0 aliphatic carbocycles. The molecule has 0 radical (unpaired) electrons. The van der Waals surface area contributed by atoms with Gasteiger partial charge in [-0.1, -0.05) is 0 Å². The van der Waals surface area contributed by atoms with Gasteiger partial charge in [0.05, 0.1) is 5.71 Å². The highest BCUT2D eigenvalue weighted by atomic mass is 19.1. The van der Waals surface area contributed by atoms with E-state index in [4.69, 9.17) is 0 Å². The minimum absolute atomic E-state index is 0.134. The number of rotatable bonds is 3. The van der Waals surface area contributed by atoms with Crippen LogP contribution in [0.4, 0.5) is 4.39 Å². The number of phenolic OH excluding ortho intramolecular Hbond substituents is 1. The van der Waals surface area contributed by atoms with E-state index >= 15 is 0 Å². The Morgan fingerprint density at radius 3 is 2.55 bits per heavy atom. The average Bonchev–Trinajstić information content (AvgIpc) is 2.37. The van der Waals surface area contributed by atoms with Gasteiger partial charge in [0, 0.05) is 11.6 Å². The zero-order chi connectivity index (χ0) is 15.3. The van der Waals surface area contributed by atoms with E-state index in [1.54, 1.807) is 13.8 Å². The average molecular weight is 281 g/mol. The van der Waals surface area contributed by atoms with Crippen molar-refractivity contribution in [2.75, 3.05) is 0 Å². The fraction of sp³-hybridized carbons (Fsp3) is 0.308. The minimum atomic E-state index is -0.936. The van der Waals surface area contributed by atoms with Crippen LogP contribution in [0, 0.1) is 5.82 Å². The Bertz CT molecular complexity index is 556. The lowest BCUT2D eigenvalue weighted by Gasteiger charge is -2.07. The monoisotopic (exact) mass is 281 g/mol. The van der Waals surface area contributed by atoms with Crippen LogP contribution in [0.1, 0.15) is 26.3 Å². The van der Waals surface area contributed by atoms with E-state index in [9.17, 15) is 19.1 Å². The van der Waals surface area contributed by atoms with Gasteiger partial charge in [0.2, 0.25) is 0 Å². The number of carbonyl (C=O) groups is 2. The number of benzene rings is 1. The highest BCUT2D eigenvalue weighted by Gasteiger charge is 2.14. The number of aromatic hydroxyl groups is 1. The summed E-state index contributed by atoms with van der Waals surface area (Å²) >= 11 is 0. The van der Waals surface area contributed by atoms with Gasteiger partial charge in [-0.2, -0.15) is 5.10 Å². The number of halogens is 1. The molecule has 1 aromatic carbocycles. The Balaban J connectivity index is 2.77. The summed E-state index contributed by atoms with van der Waals surface area (Å²) in [7, 11) is 0. The molecule has 0 bridgehead atoms. The summed E-state index contributed by atoms with van der Waals surface area (Å²) in [6.07, 6.45) is 0. The number of amides is 2. The van der Waals surface area contributed by atoms with Gasteiger partial charge in [0.1, 0.15) is 11.6 Å². The number of nitrogens with one attached hydrogen (secondary N) is 2. The maximum atomic E-state index is 13.1. The van der Waals surface area contributed by atoms with Crippen LogP contribution >= 0.6 is 0 Å². The van der Waals surface area contributed by atoms with Crippen LogP contribution in [0.3, 0.4) is 0 Å². The summed E-state index contributed by atoms with van der Waals surface area (Å²) in [5.74, 6) is -2.47. The van der Waals surface area contributed by atoms with Crippen LogP contribution < -0.4 is 10.7 Å². The largest absolute Gasteiger partial charge is 0.507 e. The van der Waals surface area contributed by atoms with Crippen LogP contribution in [0.2, 0.25) is 0 Å². The lowest BCUT2D eigenvalue weighted by atomic mass is 10.1. The first-order valence-corrected chi connectivity index (χ1v) is 5.95. The lowest BCUT2D eigenvalue weighted by Crippen LogP contribution is -2.41. The van der Waals surface area contributed by atoms with Crippen LogP contribution in [-0.4, -0.2) is 28.7 Å². The van der Waals surface area contributed by atoms with E-state index < -0.39 is 17.6 Å². The molecule has 0 saturated carbocycles. The van der Waals surface area contributed by atoms with Gasteiger partial charge >= 0.3 is 11.8 Å². The summed E-state index contributed by atoms with van der Waals surface area (Å²) < 4.78 is 13.1. The molecule has 0 unspecified atom stereocenters. The Morgan fingerprint density at radius 2 is 1.95 bits per heavy atom. The summed E-state index contributed by atoms with van der Waals surface area (Å²) in [5, 5.41) is 15.6. The van der Waals surface area contributed by atoms with Gasteiger partial charge in [-0.05, 0) is 39.0 Å². The molecule has 108 valence electrons. The molecule has 6 nitrogen and oxygen atoms in total. The number of hydrogen-bond acceptors (Lipinski definition) is 4. The van der Waals surface area contributed by atoms with Crippen LogP contribution in [0.25, 0.3) is 0 Å². The van der Waals surface area contributed by atoms with Crippen molar-refractivity contribution in [3.63, 3.8) is 0 Å². The van der Waals surface area contributed by atoms with Crippen molar-refractivity contribution in [1.82, 2.24) is 10.7 Å². The van der Waals surface area contributed by atoms with E-state index in [-0.39, 0.29) is 23.1 Å². The number of nitrogens with zero attached hydrogens (tertiary/aromatic N) is 1. The van der Waals surface area contributed by atoms with Gasteiger partial charge in [-0.3, -0.25) is 9.59 Å². The molecule has 3 N–H and O–H groups in total. The third kappa shape index (κ3) is 4.34. The van der Waals surface area contributed by atoms with E-state index in [0.29, 0.717) is 0 Å². The highest BCUT2D eigenvalue weighted by Crippen LogP contribution is 2.18. The molecule has 0 atom stereocenters. The molecule has 0 fully saturated rings. The second-order valence-electron chi connectivity index (χ2n) is 4.43. The summed E-state index contributed by atoms with van der Waals surface area (Å²) in [5.41, 5.74) is 2.34. The molecule has 0 saturated heterocycles. The molecule has 1 rings (SSSR count). The van der Waals surface area contributed by atoms with Gasteiger partial charge in [0.25, 0.3) is 0 Å². The van der Waals surface area contributed by atoms with Crippen molar-refractivity contribution < 1.29 is 19.1 Å². The minimum Gasteiger partial charge on any atom is -0.507 e. The molecule has 20 heavy (non-hydrogen) atoms. The lowest BCUT2D eigenvalue weighted by molar-refractivity contribution is -0.139. The first-order chi connectivity index (χ1) is 9.31. The Kier molecular flexibility index (Phi) is 5.19. The number of phenols is 1. The van der Waals surface area contributed by atoms with Gasteiger partial charge in [0.15, 0.2) is 0 Å². The normalized spacial score (nSPS) is 11.3. The molecule has 1 aromatic rings. The smallest absolute Gasteiger partial charge is 0.329 e. The van der Waals surface area contributed by atoms with Crippen molar-refractivity contribution in [1.29, 1.82) is 0 Å². The highest BCUT2D eigenvalue weighted by molar-refractivity contribution is 6.35. The van der Waals surface area contributed by atoms with Gasteiger partial charge in [-0.15, -0.1) is 0 Å². The third-order valence-corrected chi connectivity index (χ3v) is 2.30. The summed E-state index contributed by atoms with van der Waals surface area (Å²) in [6.45, 7) is 4.89. The quantitative estimate of drug-likeness (QED) is 0.436. The van der Waals surface area contributed by atoms with Crippen molar-refractivity contribution in [2.24, 2.45) is 5.10 Å². The van der Waals surface area contributed by atoms with Gasteiger partial charge < -0.3 is 10.4 Å². The predicted molar refractivity (Wildman–Crippen MR) is 71.7 cm³/mol. The standard InChI is InChI=1S/C13H16FN3O3/c1-7(2)15-12(19)13(20)17-16-8(3)10-6-9(14)4-5-11(10)18/h4-7,18H,1-3H3,(H,15,19)(H,17,20)/b16-8+. The second-order valence-corrected chi connectivity index (χ2v) is 4.43. The van der Waals surface area contributed by atoms with Crippen molar-refractivity contribution in [3.05, 3.63) is 29.6 Å². The Hall–Kier alpha value is -2.44. The summed E-state index contributed by atoms with van der Waals surface area (Å²) in [6, 6.07) is 3.18. The molecular weight excluding hydrogens is 265 g/mol. The fourth-order valence-electron chi connectivity index (χ4n) is 1.37. The molecule has 7 heteroatoms. The first kappa shape index (κ1) is 15.6. The number of hydrazone groups is 1.